The van der Waals surface area contributed by atoms with Crippen LogP contribution < -0.4 is 0 Å². The first-order chi connectivity index (χ1) is 9.41. The molecule has 0 aromatic carbocycles. The minimum absolute atomic E-state index is 0.0668. The van der Waals surface area contributed by atoms with Crippen molar-refractivity contribution in [3.05, 3.63) is 10.6 Å². The molecule has 1 aromatic rings. The van der Waals surface area contributed by atoms with E-state index in [2.05, 4.69) is 30.4 Å². The van der Waals surface area contributed by atoms with Gasteiger partial charge in [0.15, 0.2) is 0 Å². The maximum absolute atomic E-state index is 10.8. The first kappa shape index (κ1) is 14.4. The summed E-state index contributed by atoms with van der Waals surface area (Å²) in [6.45, 7) is 7.14. The molecule has 2 heterocycles. The summed E-state index contributed by atoms with van der Waals surface area (Å²) in [4.78, 5) is 0.957. The molecule has 3 rings (SSSR count). The summed E-state index contributed by atoms with van der Waals surface area (Å²) < 4.78 is 10.0. The Labute approximate surface area is 124 Å². The highest BCUT2D eigenvalue weighted by Gasteiger charge is 2.45. The zero-order chi connectivity index (χ0) is 14.4. The summed E-state index contributed by atoms with van der Waals surface area (Å²) in [5, 5.41) is 15.1. The van der Waals surface area contributed by atoms with Gasteiger partial charge >= 0.3 is 0 Å². The molecule has 2 atom stereocenters. The second-order valence-corrected chi connectivity index (χ2v) is 8.10. The van der Waals surface area contributed by atoms with Crippen molar-refractivity contribution in [2.24, 2.45) is 5.92 Å². The minimum atomic E-state index is -0.439. The molecule has 1 saturated heterocycles. The van der Waals surface area contributed by atoms with Crippen molar-refractivity contribution < 1.29 is 9.84 Å². The number of hydrogen-bond acceptors (Lipinski definition) is 5. The van der Waals surface area contributed by atoms with E-state index in [1.54, 1.807) is 0 Å². The Morgan fingerprint density at radius 3 is 2.75 bits per heavy atom. The maximum Gasteiger partial charge on any atom is 0.0947 e. The average molecular weight is 296 g/mol. The molecule has 1 aromatic heterocycles. The lowest BCUT2D eigenvalue weighted by molar-refractivity contribution is -0.157. The lowest BCUT2D eigenvalue weighted by Gasteiger charge is -2.48. The second kappa shape index (κ2) is 5.04. The molecule has 5 heteroatoms. The summed E-state index contributed by atoms with van der Waals surface area (Å²) in [5.41, 5.74) is 0.955. The Morgan fingerprint density at radius 1 is 1.40 bits per heavy atom. The van der Waals surface area contributed by atoms with Crippen LogP contribution in [0.3, 0.4) is 0 Å². The summed E-state index contributed by atoms with van der Waals surface area (Å²) in [5.74, 6) is 0.285. The fourth-order valence-electron chi connectivity index (χ4n) is 3.38. The predicted octanol–water partition coefficient (Wildman–Crippen LogP) is 3.22. The lowest BCUT2D eigenvalue weighted by Crippen LogP contribution is -2.46. The van der Waals surface area contributed by atoms with Gasteiger partial charge in [0, 0.05) is 12.0 Å². The van der Waals surface area contributed by atoms with Gasteiger partial charge in [0.05, 0.1) is 22.3 Å². The van der Waals surface area contributed by atoms with E-state index >= 15 is 0 Å². The highest BCUT2D eigenvalue weighted by atomic mass is 32.1. The second-order valence-electron chi connectivity index (χ2n) is 7.32. The maximum atomic E-state index is 10.8. The van der Waals surface area contributed by atoms with E-state index in [1.807, 2.05) is 0 Å². The molecule has 1 aliphatic heterocycles. The summed E-state index contributed by atoms with van der Waals surface area (Å²) in [6.07, 6.45) is 5.05. The third kappa shape index (κ3) is 2.51. The van der Waals surface area contributed by atoms with Crippen LogP contribution in [0.2, 0.25) is 0 Å². The molecule has 1 spiro atoms. The number of rotatable bonds is 2. The van der Waals surface area contributed by atoms with E-state index in [0.29, 0.717) is 0 Å². The van der Waals surface area contributed by atoms with Crippen molar-refractivity contribution in [1.82, 2.24) is 9.59 Å². The van der Waals surface area contributed by atoms with Crippen molar-refractivity contribution in [2.45, 2.75) is 70.0 Å². The molecule has 2 fully saturated rings. The third-order valence-corrected chi connectivity index (χ3v) is 5.53. The minimum Gasteiger partial charge on any atom is -0.387 e. The molecule has 1 N–H and O–H groups in total. The SMILES string of the molecule is CC(C)(C)c1nnsc1C(O)C1CCOC2(CCC2)C1. The number of aliphatic hydroxyl groups is 1. The van der Waals surface area contributed by atoms with Crippen molar-refractivity contribution >= 4 is 11.5 Å². The number of hydrogen-bond donors (Lipinski definition) is 1. The van der Waals surface area contributed by atoms with Gasteiger partial charge in [-0.05, 0) is 49.6 Å². The number of nitrogens with zero attached hydrogens (tertiary/aromatic N) is 2. The highest BCUT2D eigenvalue weighted by Crippen LogP contribution is 2.48. The lowest BCUT2D eigenvalue weighted by atomic mass is 9.70. The van der Waals surface area contributed by atoms with Gasteiger partial charge in [0.1, 0.15) is 0 Å². The van der Waals surface area contributed by atoms with Gasteiger partial charge in [-0.2, -0.15) is 0 Å². The van der Waals surface area contributed by atoms with Gasteiger partial charge < -0.3 is 9.84 Å². The van der Waals surface area contributed by atoms with Crippen molar-refractivity contribution in [3.8, 4) is 0 Å². The highest BCUT2D eigenvalue weighted by molar-refractivity contribution is 7.05. The number of aliphatic hydroxyl groups excluding tert-OH is 1. The largest absolute Gasteiger partial charge is 0.387 e. The van der Waals surface area contributed by atoms with Crippen LogP contribution in [-0.2, 0) is 10.2 Å². The first-order valence-corrected chi connectivity index (χ1v) is 8.33. The van der Waals surface area contributed by atoms with Crippen LogP contribution in [0, 0.1) is 5.92 Å². The topological polar surface area (TPSA) is 55.2 Å². The van der Waals surface area contributed by atoms with Crippen molar-refractivity contribution in [3.63, 3.8) is 0 Å². The summed E-state index contributed by atoms with van der Waals surface area (Å²) >= 11 is 1.35. The van der Waals surface area contributed by atoms with Gasteiger partial charge in [0.2, 0.25) is 0 Å². The molecular weight excluding hydrogens is 272 g/mol. The van der Waals surface area contributed by atoms with Gasteiger partial charge in [-0.15, -0.1) is 5.10 Å². The van der Waals surface area contributed by atoms with E-state index in [-0.39, 0.29) is 16.9 Å². The Bertz CT molecular complexity index is 476. The van der Waals surface area contributed by atoms with Gasteiger partial charge in [-0.1, -0.05) is 25.3 Å². The molecule has 0 amide bonds. The summed E-state index contributed by atoms with van der Waals surface area (Å²) in [7, 11) is 0. The van der Waals surface area contributed by atoms with Gasteiger partial charge in [-0.3, -0.25) is 0 Å². The van der Waals surface area contributed by atoms with E-state index < -0.39 is 6.10 Å². The Balaban J connectivity index is 1.79. The molecule has 2 unspecified atom stereocenters. The Morgan fingerprint density at radius 2 is 2.15 bits per heavy atom. The molecule has 2 aliphatic rings. The normalized spacial score (nSPS) is 27.3. The van der Waals surface area contributed by atoms with Crippen LogP contribution >= 0.6 is 11.5 Å². The molecule has 1 saturated carbocycles. The Hall–Kier alpha value is -0.520. The molecule has 0 bridgehead atoms. The van der Waals surface area contributed by atoms with E-state index in [0.717, 1.165) is 42.9 Å². The van der Waals surface area contributed by atoms with Crippen LogP contribution in [0.15, 0.2) is 0 Å². The fourth-order valence-corrected chi connectivity index (χ4v) is 4.32. The van der Waals surface area contributed by atoms with Gasteiger partial charge in [-0.25, -0.2) is 0 Å². The van der Waals surface area contributed by atoms with E-state index in [1.165, 1.54) is 18.0 Å². The quantitative estimate of drug-likeness (QED) is 0.910. The standard InChI is InChI=1S/C15H24N2O2S/c1-14(2,3)13-12(20-17-16-13)11(18)10-5-8-19-15(9-10)6-4-7-15/h10-11,18H,4-9H2,1-3H3. The molecule has 4 nitrogen and oxygen atoms in total. The zero-order valence-electron chi connectivity index (χ0n) is 12.6. The van der Waals surface area contributed by atoms with Crippen LogP contribution in [0.4, 0.5) is 0 Å². The van der Waals surface area contributed by atoms with E-state index in [4.69, 9.17) is 4.74 Å². The molecule has 112 valence electrons. The molecule has 0 radical (unpaired) electrons. The third-order valence-electron chi connectivity index (χ3n) is 4.73. The average Bonchev–Trinajstić information content (AvgIpc) is 2.85. The predicted molar refractivity (Wildman–Crippen MR) is 78.8 cm³/mol. The Kier molecular flexibility index (Phi) is 3.63. The summed E-state index contributed by atoms with van der Waals surface area (Å²) in [6, 6.07) is 0. The molecular formula is C15H24N2O2S. The van der Waals surface area contributed by atoms with Crippen molar-refractivity contribution in [2.75, 3.05) is 6.61 Å². The fraction of sp³-hybridized carbons (Fsp3) is 0.867. The zero-order valence-corrected chi connectivity index (χ0v) is 13.4. The smallest absolute Gasteiger partial charge is 0.0947 e. The van der Waals surface area contributed by atoms with E-state index in [9.17, 15) is 5.11 Å². The monoisotopic (exact) mass is 296 g/mol. The van der Waals surface area contributed by atoms with Gasteiger partial charge in [0.25, 0.3) is 0 Å². The molecule has 20 heavy (non-hydrogen) atoms. The van der Waals surface area contributed by atoms with Crippen LogP contribution in [-0.4, -0.2) is 26.9 Å². The van der Waals surface area contributed by atoms with Crippen LogP contribution in [0.5, 0.6) is 0 Å². The first-order valence-electron chi connectivity index (χ1n) is 7.56. The van der Waals surface area contributed by atoms with Crippen LogP contribution in [0.1, 0.15) is 69.6 Å². The van der Waals surface area contributed by atoms with Crippen molar-refractivity contribution in [1.29, 1.82) is 0 Å². The molecule has 1 aliphatic carbocycles. The number of ether oxygens (including phenoxy) is 1. The van der Waals surface area contributed by atoms with Crippen LogP contribution in [0.25, 0.3) is 0 Å². The number of aromatic nitrogens is 2.